The highest BCUT2D eigenvalue weighted by atomic mass is 19.4. The third-order valence-electron chi connectivity index (χ3n) is 2.17. The van der Waals surface area contributed by atoms with Crippen LogP contribution < -0.4 is 5.32 Å². The van der Waals surface area contributed by atoms with Crippen molar-refractivity contribution in [2.75, 3.05) is 13.2 Å². The molecule has 0 aliphatic rings. The molecule has 0 amide bonds. The van der Waals surface area contributed by atoms with E-state index >= 15 is 0 Å². The molecule has 0 heterocycles. The van der Waals surface area contributed by atoms with Crippen molar-refractivity contribution in [1.82, 2.24) is 5.32 Å². The molecule has 110 valence electrons. The Hall–Kier alpha value is -0.500. The Bertz CT molecular complexity index is 213. The molecule has 0 saturated heterocycles. The number of hydrogen-bond acceptors (Lipinski definition) is 2. The van der Waals surface area contributed by atoms with E-state index in [9.17, 15) is 26.3 Å². The molecule has 0 rings (SSSR count). The van der Waals surface area contributed by atoms with Gasteiger partial charge < -0.3 is 10.1 Å². The van der Waals surface area contributed by atoms with Gasteiger partial charge in [-0.15, -0.1) is 0 Å². The second-order valence-electron chi connectivity index (χ2n) is 3.98. The van der Waals surface area contributed by atoms with Gasteiger partial charge in [-0.1, -0.05) is 6.92 Å². The van der Waals surface area contributed by atoms with E-state index in [0.29, 0.717) is 6.54 Å². The Morgan fingerprint density at radius 1 is 1.06 bits per heavy atom. The minimum atomic E-state index is -5.43. The van der Waals surface area contributed by atoms with E-state index < -0.39 is 25.1 Å². The zero-order valence-electron chi connectivity index (χ0n) is 10.2. The van der Waals surface area contributed by atoms with E-state index in [-0.39, 0.29) is 12.5 Å². The molecule has 1 atom stereocenters. The van der Waals surface area contributed by atoms with Crippen LogP contribution in [0.25, 0.3) is 0 Å². The summed E-state index contributed by atoms with van der Waals surface area (Å²) in [6.45, 7) is 3.64. The molecule has 0 aromatic rings. The van der Waals surface area contributed by atoms with Crippen molar-refractivity contribution in [1.29, 1.82) is 0 Å². The van der Waals surface area contributed by atoms with E-state index in [1.165, 1.54) is 0 Å². The number of ether oxygens (including phenoxy) is 1. The molecule has 0 bridgehead atoms. The highest BCUT2D eigenvalue weighted by Gasteiger charge is 2.57. The predicted molar refractivity (Wildman–Crippen MR) is 54.2 cm³/mol. The van der Waals surface area contributed by atoms with Crippen molar-refractivity contribution >= 4 is 0 Å². The number of hydrogen-bond donors (Lipinski definition) is 1. The number of halogens is 6. The first-order chi connectivity index (χ1) is 8.09. The van der Waals surface area contributed by atoms with Gasteiger partial charge >= 0.3 is 12.4 Å². The maximum atomic E-state index is 12.1. The Labute approximate surface area is 102 Å². The average Bonchev–Trinajstić information content (AvgIpc) is 2.17. The molecule has 2 nitrogen and oxygen atoms in total. The van der Waals surface area contributed by atoms with Crippen LogP contribution in [0, 0.1) is 0 Å². The smallest absolute Gasteiger partial charge is 0.361 e. The molecule has 18 heavy (non-hydrogen) atoms. The van der Waals surface area contributed by atoms with Gasteiger partial charge in [0.25, 0.3) is 0 Å². The van der Waals surface area contributed by atoms with Crippen LogP contribution in [0.15, 0.2) is 0 Å². The van der Waals surface area contributed by atoms with Gasteiger partial charge in [-0.3, -0.25) is 0 Å². The van der Waals surface area contributed by atoms with Crippen LogP contribution in [0.2, 0.25) is 0 Å². The lowest BCUT2D eigenvalue weighted by Gasteiger charge is -2.23. The second-order valence-corrected chi connectivity index (χ2v) is 3.98. The van der Waals surface area contributed by atoms with Crippen molar-refractivity contribution in [2.24, 2.45) is 0 Å². The van der Waals surface area contributed by atoms with E-state index in [4.69, 9.17) is 0 Å². The highest BCUT2D eigenvalue weighted by Crippen LogP contribution is 2.35. The zero-order valence-corrected chi connectivity index (χ0v) is 10.2. The van der Waals surface area contributed by atoms with Gasteiger partial charge in [0.15, 0.2) is 0 Å². The number of rotatable bonds is 7. The standard InChI is InChI=1S/C10H17F6NO/c1-3-5-17-7(2)4-6-18-8(9(11,12)13)10(14,15)16/h7-8,17H,3-6H2,1-2H3. The normalized spacial score (nSPS) is 15.2. The molecule has 1 N–H and O–H groups in total. The summed E-state index contributed by atoms with van der Waals surface area (Å²) in [5, 5.41) is 2.94. The van der Waals surface area contributed by atoms with Crippen molar-refractivity contribution in [3.63, 3.8) is 0 Å². The summed E-state index contributed by atoms with van der Waals surface area (Å²) in [5.41, 5.74) is 0. The lowest BCUT2D eigenvalue weighted by molar-refractivity contribution is -0.322. The molecule has 8 heteroatoms. The van der Waals surface area contributed by atoms with Crippen molar-refractivity contribution in [3.05, 3.63) is 0 Å². The molecule has 0 saturated carbocycles. The summed E-state index contributed by atoms with van der Waals surface area (Å²) >= 11 is 0. The minimum absolute atomic E-state index is 0.0860. The van der Waals surface area contributed by atoms with Gasteiger partial charge in [-0.2, -0.15) is 26.3 Å². The Balaban J connectivity index is 4.14. The minimum Gasteiger partial charge on any atom is -0.361 e. The highest BCUT2D eigenvalue weighted by molar-refractivity contribution is 4.76. The Morgan fingerprint density at radius 2 is 1.56 bits per heavy atom. The third-order valence-corrected chi connectivity index (χ3v) is 2.17. The van der Waals surface area contributed by atoms with Crippen molar-refractivity contribution in [2.45, 2.75) is 51.2 Å². The predicted octanol–water partition coefficient (Wildman–Crippen LogP) is 3.27. The SMILES string of the molecule is CCCNC(C)CCOC(C(F)(F)F)C(F)(F)F. The second kappa shape index (κ2) is 7.18. The third kappa shape index (κ3) is 7.05. The fraction of sp³-hybridized carbons (Fsp3) is 1.00. The van der Waals surface area contributed by atoms with Crippen LogP contribution in [0.1, 0.15) is 26.7 Å². The quantitative estimate of drug-likeness (QED) is 0.723. The van der Waals surface area contributed by atoms with Crippen LogP contribution in [0.4, 0.5) is 26.3 Å². The molecule has 1 unspecified atom stereocenters. The van der Waals surface area contributed by atoms with Crippen LogP contribution in [0.5, 0.6) is 0 Å². The number of alkyl halides is 6. The topological polar surface area (TPSA) is 21.3 Å². The number of nitrogens with one attached hydrogen (secondary N) is 1. The first-order valence-electron chi connectivity index (χ1n) is 5.57. The largest absolute Gasteiger partial charge is 0.423 e. The lowest BCUT2D eigenvalue weighted by Crippen LogP contribution is -2.45. The molecular weight excluding hydrogens is 264 g/mol. The van der Waals surface area contributed by atoms with Crippen LogP contribution >= 0.6 is 0 Å². The van der Waals surface area contributed by atoms with Gasteiger partial charge in [-0.05, 0) is 26.3 Å². The summed E-state index contributed by atoms with van der Waals surface area (Å²) in [7, 11) is 0. The van der Waals surface area contributed by atoms with Crippen molar-refractivity contribution in [3.8, 4) is 0 Å². The summed E-state index contributed by atoms with van der Waals surface area (Å²) in [4.78, 5) is 0. The molecule has 0 aromatic heterocycles. The van der Waals surface area contributed by atoms with Crippen molar-refractivity contribution < 1.29 is 31.1 Å². The van der Waals surface area contributed by atoms with E-state index in [0.717, 1.165) is 6.42 Å². The fourth-order valence-electron chi connectivity index (χ4n) is 1.23. The van der Waals surface area contributed by atoms with E-state index in [2.05, 4.69) is 10.1 Å². The van der Waals surface area contributed by atoms with Crippen LogP contribution in [-0.2, 0) is 4.74 Å². The van der Waals surface area contributed by atoms with Crippen LogP contribution in [-0.4, -0.2) is 37.7 Å². The first-order valence-corrected chi connectivity index (χ1v) is 5.57. The molecule has 0 aromatic carbocycles. The summed E-state index contributed by atoms with van der Waals surface area (Å²) in [5.74, 6) is 0. The first kappa shape index (κ1) is 17.5. The van der Waals surface area contributed by atoms with Gasteiger partial charge in [0.2, 0.25) is 6.10 Å². The monoisotopic (exact) mass is 281 g/mol. The molecule has 0 fully saturated rings. The summed E-state index contributed by atoms with van der Waals surface area (Å²) in [6, 6.07) is -0.188. The molecular formula is C10H17F6NO. The summed E-state index contributed by atoms with van der Waals surface area (Å²) in [6.07, 6.45) is -13.7. The average molecular weight is 281 g/mol. The summed E-state index contributed by atoms with van der Waals surface area (Å²) < 4.78 is 76.4. The molecule has 0 spiro atoms. The van der Waals surface area contributed by atoms with Crippen LogP contribution in [0.3, 0.4) is 0 Å². The molecule has 0 aliphatic heterocycles. The van der Waals surface area contributed by atoms with E-state index in [1.54, 1.807) is 6.92 Å². The fourth-order valence-corrected chi connectivity index (χ4v) is 1.23. The van der Waals surface area contributed by atoms with Gasteiger partial charge in [0.05, 0.1) is 0 Å². The Kier molecular flexibility index (Phi) is 6.98. The lowest BCUT2D eigenvalue weighted by atomic mass is 10.2. The maximum absolute atomic E-state index is 12.1. The molecule has 0 aliphatic carbocycles. The van der Waals surface area contributed by atoms with Gasteiger partial charge in [0.1, 0.15) is 0 Å². The van der Waals surface area contributed by atoms with Gasteiger partial charge in [0, 0.05) is 12.6 Å². The van der Waals surface area contributed by atoms with Gasteiger partial charge in [-0.25, -0.2) is 0 Å². The molecule has 0 radical (unpaired) electrons. The zero-order chi connectivity index (χ0) is 14.4. The van der Waals surface area contributed by atoms with E-state index in [1.807, 2.05) is 6.92 Å². The Morgan fingerprint density at radius 3 is 1.94 bits per heavy atom. The maximum Gasteiger partial charge on any atom is 0.423 e.